The van der Waals surface area contributed by atoms with Crippen LogP contribution in [0.15, 0.2) is 65.4 Å². The van der Waals surface area contributed by atoms with Gasteiger partial charge in [0.25, 0.3) is 0 Å². The van der Waals surface area contributed by atoms with Gasteiger partial charge in [0.05, 0.1) is 53.4 Å². The van der Waals surface area contributed by atoms with Gasteiger partial charge >= 0.3 is 0 Å². The molecule has 0 saturated carbocycles. The van der Waals surface area contributed by atoms with Crippen molar-refractivity contribution in [2.45, 2.75) is 137 Å². The highest BCUT2D eigenvalue weighted by Gasteiger charge is 2.29. The fourth-order valence-electron chi connectivity index (χ4n) is 9.09. The zero-order valence-electron chi connectivity index (χ0n) is 43.0. The predicted octanol–water partition coefficient (Wildman–Crippen LogP) is 13.1. The normalized spacial score (nSPS) is 15.9. The number of fused-ring (bicyclic) bond motifs is 2. The number of hydrogen-bond acceptors (Lipinski definition) is 8. The van der Waals surface area contributed by atoms with Crippen LogP contribution in [0.1, 0.15) is 155 Å². The van der Waals surface area contributed by atoms with E-state index < -0.39 is 0 Å². The molecule has 362 valence electrons. The monoisotopic (exact) mass is 931 g/mol. The summed E-state index contributed by atoms with van der Waals surface area (Å²) in [7, 11) is 1.82. The number of ether oxygens (including phenoxy) is 7. The van der Waals surface area contributed by atoms with E-state index >= 15 is 0 Å². The second kappa shape index (κ2) is 21.1. The molecule has 2 aliphatic rings. The van der Waals surface area contributed by atoms with E-state index in [1.807, 2.05) is 7.11 Å². The summed E-state index contributed by atoms with van der Waals surface area (Å²) in [6.45, 7) is 31.8. The van der Waals surface area contributed by atoms with Gasteiger partial charge in [0.15, 0.2) is 0 Å². The van der Waals surface area contributed by atoms with E-state index in [1.54, 1.807) is 11.3 Å². The molecule has 0 amide bonds. The Morgan fingerprint density at radius 1 is 0.448 bits per heavy atom. The van der Waals surface area contributed by atoms with Crippen LogP contribution in [0.2, 0.25) is 0 Å². The fraction of sp³-hybridized carbons (Fsp3) is 0.525. The lowest BCUT2D eigenvalue weighted by Crippen LogP contribution is -2.19. The number of rotatable bonds is 5. The standard InChI is InChI=1S/C59H78O7S/c1-56(2,3)48-30-40-26-42-32-49(57(4,5)6)36-46-28-44-34-51(59(10,11)12)35-45(53(44)64-16-14-39-15-25-67-38-39)29-47-37-50(58(7,8)9)33-43(27-41(31-48)52(40)60-13)55(47)66-24-22-63-20-18-61-17-19-62-21-23-65-54(42)46/h15,25,30-38H,14,16-24,26-29H2,1-13H3. The molecule has 7 nitrogen and oxygen atoms in total. The summed E-state index contributed by atoms with van der Waals surface area (Å²) >= 11 is 1.73. The summed E-state index contributed by atoms with van der Waals surface area (Å²) in [5.41, 5.74) is 14.9. The van der Waals surface area contributed by atoms with Gasteiger partial charge in [-0.3, -0.25) is 0 Å². The van der Waals surface area contributed by atoms with Gasteiger partial charge in [-0.2, -0.15) is 11.3 Å². The number of benzene rings is 4. The molecule has 0 atom stereocenters. The summed E-state index contributed by atoms with van der Waals surface area (Å²) in [6, 6.07) is 21.2. The van der Waals surface area contributed by atoms with E-state index in [9.17, 15) is 0 Å². The van der Waals surface area contributed by atoms with E-state index in [1.165, 1.54) is 27.8 Å². The minimum absolute atomic E-state index is 0.122. The summed E-state index contributed by atoms with van der Waals surface area (Å²) in [5.74, 6) is 3.63. The second-order valence-electron chi connectivity index (χ2n) is 22.7. The van der Waals surface area contributed by atoms with Crippen LogP contribution in [-0.4, -0.2) is 66.6 Å². The molecular weight excluding hydrogens is 853 g/mol. The molecule has 0 radical (unpaired) electrons. The molecule has 0 N–H and O–H groups in total. The van der Waals surface area contributed by atoms with Gasteiger partial charge in [0.1, 0.15) is 36.2 Å². The molecule has 8 heteroatoms. The third kappa shape index (κ3) is 12.9. The van der Waals surface area contributed by atoms with Gasteiger partial charge in [0.2, 0.25) is 0 Å². The van der Waals surface area contributed by atoms with Crippen molar-refractivity contribution in [3.63, 3.8) is 0 Å². The van der Waals surface area contributed by atoms with Crippen LogP contribution in [0.5, 0.6) is 23.0 Å². The first-order chi connectivity index (χ1) is 31.7. The maximum Gasteiger partial charge on any atom is 0.126 e. The largest absolute Gasteiger partial charge is 0.496 e. The van der Waals surface area contributed by atoms with Crippen molar-refractivity contribution in [2.75, 3.05) is 66.6 Å². The Balaban J connectivity index is 1.58. The maximum absolute atomic E-state index is 7.18. The van der Waals surface area contributed by atoms with Crippen LogP contribution in [0.4, 0.5) is 0 Å². The van der Waals surface area contributed by atoms with E-state index in [2.05, 4.69) is 148 Å². The van der Waals surface area contributed by atoms with E-state index in [0.717, 1.165) is 73.9 Å². The highest BCUT2D eigenvalue weighted by atomic mass is 32.1. The minimum atomic E-state index is -0.136. The third-order valence-electron chi connectivity index (χ3n) is 13.1. The minimum Gasteiger partial charge on any atom is -0.496 e. The lowest BCUT2D eigenvalue weighted by atomic mass is 9.79. The van der Waals surface area contributed by atoms with Crippen molar-refractivity contribution in [3.05, 3.63) is 138 Å². The molecule has 1 aliphatic carbocycles. The van der Waals surface area contributed by atoms with Crippen LogP contribution in [0.25, 0.3) is 0 Å². The highest BCUT2D eigenvalue weighted by molar-refractivity contribution is 7.07. The Bertz CT molecular complexity index is 2320. The molecule has 5 aromatic rings. The first-order valence-electron chi connectivity index (χ1n) is 24.5. The fourth-order valence-corrected chi connectivity index (χ4v) is 9.80. The number of thiophene rings is 1. The van der Waals surface area contributed by atoms with Crippen molar-refractivity contribution in [1.82, 2.24) is 0 Å². The van der Waals surface area contributed by atoms with Crippen LogP contribution >= 0.6 is 11.3 Å². The van der Waals surface area contributed by atoms with Gasteiger partial charge in [-0.25, -0.2) is 0 Å². The third-order valence-corrected chi connectivity index (χ3v) is 13.8. The SMILES string of the molecule is COc1c2cc(C(C)(C)C)cc1Cc1cc(C(C)(C)C)cc3c1OCCOCCOCCOCCOc1c(cc(C(C)(C)C)cc1Cc1cc(C(C)(C)C)cc(c1OCCc1ccsc1)C3)C2. The Morgan fingerprint density at radius 2 is 0.776 bits per heavy atom. The van der Waals surface area contributed by atoms with Gasteiger partial charge < -0.3 is 33.2 Å². The second-order valence-corrected chi connectivity index (χ2v) is 23.4. The molecule has 2 heterocycles. The topological polar surface area (TPSA) is 64.6 Å². The summed E-state index contributed by atoms with van der Waals surface area (Å²) < 4.78 is 45.9. The van der Waals surface area contributed by atoms with Crippen molar-refractivity contribution in [1.29, 1.82) is 0 Å². The van der Waals surface area contributed by atoms with E-state index in [4.69, 9.17) is 33.2 Å². The van der Waals surface area contributed by atoms with E-state index in [-0.39, 0.29) is 21.7 Å². The average molecular weight is 931 g/mol. The highest BCUT2D eigenvalue weighted by Crippen LogP contribution is 2.44. The van der Waals surface area contributed by atoms with Crippen LogP contribution in [0.3, 0.4) is 0 Å². The Labute approximate surface area is 406 Å². The number of hydrogen-bond donors (Lipinski definition) is 0. The first-order valence-corrected chi connectivity index (χ1v) is 25.4. The van der Waals surface area contributed by atoms with Gasteiger partial charge in [-0.15, -0.1) is 0 Å². The molecule has 1 aromatic heterocycles. The van der Waals surface area contributed by atoms with Crippen molar-refractivity contribution in [3.8, 4) is 23.0 Å². The Kier molecular flexibility index (Phi) is 15.9. The molecule has 1 aliphatic heterocycles. The quantitative estimate of drug-likeness (QED) is 0.171. The van der Waals surface area contributed by atoms with Crippen LogP contribution < -0.4 is 18.9 Å². The Morgan fingerprint density at radius 3 is 1.09 bits per heavy atom. The smallest absolute Gasteiger partial charge is 0.126 e. The molecule has 0 fully saturated rings. The molecule has 0 unspecified atom stereocenters. The van der Waals surface area contributed by atoms with Crippen LogP contribution in [0, 0.1) is 0 Å². The summed E-state index contributed by atoms with van der Waals surface area (Å²) in [6.07, 6.45) is 3.29. The number of methoxy groups -OCH3 is 1. The van der Waals surface area contributed by atoms with Crippen molar-refractivity contribution >= 4 is 11.3 Å². The summed E-state index contributed by atoms with van der Waals surface area (Å²) in [4.78, 5) is 0. The van der Waals surface area contributed by atoms with Crippen molar-refractivity contribution < 1.29 is 33.2 Å². The average Bonchev–Trinajstić information content (AvgIpc) is 3.76. The molecular formula is C59H78O7S. The van der Waals surface area contributed by atoms with Crippen LogP contribution in [-0.2, 0) is 68.0 Å². The molecule has 7 rings (SSSR count). The zero-order valence-corrected chi connectivity index (χ0v) is 43.8. The molecule has 0 saturated heterocycles. The molecule has 0 spiro atoms. The zero-order chi connectivity index (χ0) is 48.1. The van der Waals surface area contributed by atoms with Crippen molar-refractivity contribution in [2.24, 2.45) is 0 Å². The van der Waals surface area contributed by atoms with Gasteiger partial charge in [-0.1, -0.05) is 132 Å². The molecule has 4 aromatic carbocycles. The lowest BCUT2D eigenvalue weighted by molar-refractivity contribution is 0.00484. The molecule has 67 heavy (non-hydrogen) atoms. The maximum atomic E-state index is 7.18. The Hall–Kier alpha value is -4.34. The molecule has 10 bridgehead atoms. The van der Waals surface area contributed by atoms with Gasteiger partial charge in [0, 0.05) is 32.1 Å². The predicted molar refractivity (Wildman–Crippen MR) is 275 cm³/mol. The lowest BCUT2D eigenvalue weighted by Gasteiger charge is -2.29. The summed E-state index contributed by atoms with van der Waals surface area (Å²) in [5, 5.41) is 4.37. The van der Waals surface area contributed by atoms with E-state index in [0.29, 0.717) is 85.1 Å². The first kappa shape index (κ1) is 50.5. The van der Waals surface area contributed by atoms with Gasteiger partial charge in [-0.05, 0) is 111 Å².